The first-order chi connectivity index (χ1) is 17.1. The van der Waals surface area contributed by atoms with E-state index in [1.165, 1.54) is 43.7 Å². The van der Waals surface area contributed by atoms with Gasteiger partial charge in [-0.3, -0.25) is 9.78 Å². The Morgan fingerprint density at radius 2 is 1.91 bits per heavy atom. The molecular weight excluding hydrogens is 482 g/mol. The van der Waals surface area contributed by atoms with Gasteiger partial charge in [-0.25, -0.2) is 0 Å². The molecule has 1 aromatic carbocycles. The second kappa shape index (κ2) is 9.69. The Labute approximate surface area is 214 Å². The van der Waals surface area contributed by atoms with Crippen molar-refractivity contribution in [3.05, 3.63) is 45.9 Å². The van der Waals surface area contributed by atoms with E-state index in [1.807, 2.05) is 29.2 Å². The number of nitrogens with zero attached hydrogens (tertiary/aromatic N) is 3. The van der Waals surface area contributed by atoms with Crippen molar-refractivity contribution < 1.29 is 14.6 Å². The van der Waals surface area contributed by atoms with Crippen LogP contribution in [0.4, 0.5) is 0 Å². The zero-order valence-corrected chi connectivity index (χ0v) is 21.3. The quantitative estimate of drug-likeness (QED) is 0.540. The van der Waals surface area contributed by atoms with E-state index in [1.54, 1.807) is 6.20 Å². The molecule has 1 unspecified atom stereocenters. The highest BCUT2D eigenvalue weighted by atomic mass is 35.5. The highest BCUT2D eigenvalue weighted by Gasteiger charge is 2.36. The number of piperidine rings is 2. The van der Waals surface area contributed by atoms with Crippen LogP contribution in [-0.4, -0.2) is 64.1 Å². The molecule has 1 amide bonds. The number of aromatic nitrogens is 1. The normalized spacial score (nSPS) is 21.3. The van der Waals surface area contributed by atoms with Crippen molar-refractivity contribution in [1.29, 1.82) is 0 Å². The number of amides is 1. The van der Waals surface area contributed by atoms with E-state index >= 15 is 0 Å². The second-order valence-corrected chi connectivity index (χ2v) is 11.4. The maximum atomic E-state index is 13.5. The first kappa shape index (κ1) is 23.2. The van der Waals surface area contributed by atoms with Crippen LogP contribution in [0.25, 0.3) is 21.3 Å². The van der Waals surface area contributed by atoms with Crippen LogP contribution < -0.4 is 4.74 Å². The maximum Gasteiger partial charge on any atom is 0.263 e. The smallest absolute Gasteiger partial charge is 0.263 e. The molecule has 1 N–H and O–H groups in total. The molecule has 3 aliphatic heterocycles. The average Bonchev–Trinajstić information content (AvgIpc) is 3.52. The number of hydrogen-bond donors (Lipinski definition) is 1. The van der Waals surface area contributed by atoms with Crippen LogP contribution >= 0.6 is 22.9 Å². The molecule has 0 saturated carbocycles. The van der Waals surface area contributed by atoms with E-state index in [2.05, 4.69) is 9.88 Å². The molecule has 0 radical (unpaired) electrons. The number of aliphatic hydroxyl groups is 1. The number of halogens is 1. The molecule has 2 saturated heterocycles. The monoisotopic (exact) mass is 511 g/mol. The number of likely N-dealkylation sites (tertiary alicyclic amines) is 2. The molecule has 35 heavy (non-hydrogen) atoms. The summed E-state index contributed by atoms with van der Waals surface area (Å²) in [5.74, 6) is 0.821. The number of pyridine rings is 1. The summed E-state index contributed by atoms with van der Waals surface area (Å²) in [6.07, 6.45) is 7.83. The molecule has 6 rings (SSSR count). The Balaban J connectivity index is 1.21. The van der Waals surface area contributed by atoms with Crippen LogP contribution in [-0.2, 0) is 17.8 Å². The van der Waals surface area contributed by atoms with Crippen molar-refractivity contribution in [3.63, 3.8) is 0 Å². The molecule has 2 aromatic heterocycles. The van der Waals surface area contributed by atoms with Crippen LogP contribution in [0.5, 0.6) is 5.75 Å². The van der Waals surface area contributed by atoms with Crippen LogP contribution in [0.2, 0.25) is 5.02 Å². The van der Waals surface area contributed by atoms with Crippen LogP contribution in [0.3, 0.4) is 0 Å². The standard InChI is InChI=1S/C27H30ClN3O3S/c28-18-12-17-13-24(27(33)31-10-5-19(6-11-31)30-8-2-1-3-9-30)34-25(17)22(14-18)21-4-7-29-23-15-20(16-32)35-26(21)23/h4,7,12,14-15,19,24,32H,1-3,5-6,8-11,13,16H2. The number of aliphatic hydroxyl groups excluding tert-OH is 1. The van der Waals surface area contributed by atoms with Gasteiger partial charge in [0.2, 0.25) is 0 Å². The average molecular weight is 512 g/mol. The lowest BCUT2D eigenvalue weighted by Crippen LogP contribution is -2.50. The van der Waals surface area contributed by atoms with Crippen molar-refractivity contribution >= 4 is 39.1 Å². The summed E-state index contributed by atoms with van der Waals surface area (Å²) in [4.78, 5) is 23.4. The predicted octanol–water partition coefficient (Wildman–Crippen LogP) is 4.89. The van der Waals surface area contributed by atoms with Gasteiger partial charge >= 0.3 is 0 Å². The minimum atomic E-state index is -0.512. The van der Waals surface area contributed by atoms with E-state index in [0.717, 1.165) is 63.5 Å². The second-order valence-electron chi connectivity index (χ2n) is 9.85. The van der Waals surface area contributed by atoms with E-state index in [-0.39, 0.29) is 12.5 Å². The van der Waals surface area contributed by atoms with Crippen LogP contribution in [0.1, 0.15) is 42.5 Å². The van der Waals surface area contributed by atoms with Crippen molar-refractivity contribution in [2.75, 3.05) is 26.2 Å². The molecule has 0 aliphatic carbocycles. The summed E-state index contributed by atoms with van der Waals surface area (Å²) < 4.78 is 7.35. The fourth-order valence-electron chi connectivity index (χ4n) is 5.88. The topological polar surface area (TPSA) is 65.9 Å². The molecule has 1 atom stereocenters. The van der Waals surface area contributed by atoms with Gasteiger partial charge in [0.1, 0.15) is 5.75 Å². The largest absolute Gasteiger partial charge is 0.479 e. The minimum Gasteiger partial charge on any atom is -0.479 e. The van der Waals surface area contributed by atoms with Gasteiger partial charge in [0.15, 0.2) is 6.10 Å². The number of ether oxygens (including phenoxy) is 1. The van der Waals surface area contributed by atoms with E-state index in [0.29, 0.717) is 17.5 Å². The number of thiophene rings is 1. The Hall–Kier alpha value is -2.19. The molecule has 0 spiro atoms. The van der Waals surface area contributed by atoms with Crippen molar-refractivity contribution in [3.8, 4) is 16.9 Å². The first-order valence-electron chi connectivity index (χ1n) is 12.6. The number of rotatable bonds is 4. The molecule has 2 fully saturated rings. The third-order valence-corrected chi connectivity index (χ3v) is 9.02. The molecule has 8 heteroatoms. The highest BCUT2D eigenvalue weighted by Crippen LogP contribution is 2.44. The third-order valence-electron chi connectivity index (χ3n) is 7.66. The van der Waals surface area contributed by atoms with Gasteiger partial charge in [-0.2, -0.15) is 0 Å². The summed E-state index contributed by atoms with van der Waals surface area (Å²) >= 11 is 8.04. The van der Waals surface area contributed by atoms with Crippen molar-refractivity contribution in [1.82, 2.24) is 14.8 Å². The zero-order chi connectivity index (χ0) is 23.9. The Morgan fingerprint density at radius 3 is 2.69 bits per heavy atom. The predicted molar refractivity (Wildman–Crippen MR) is 139 cm³/mol. The van der Waals surface area contributed by atoms with Gasteiger partial charge in [-0.1, -0.05) is 18.0 Å². The highest BCUT2D eigenvalue weighted by molar-refractivity contribution is 7.19. The van der Waals surface area contributed by atoms with Crippen LogP contribution in [0.15, 0.2) is 30.5 Å². The van der Waals surface area contributed by atoms with Crippen LogP contribution in [0, 0.1) is 0 Å². The first-order valence-corrected chi connectivity index (χ1v) is 13.8. The minimum absolute atomic E-state index is 0.0182. The van der Waals surface area contributed by atoms with E-state index in [9.17, 15) is 9.90 Å². The SMILES string of the molecule is O=C(C1Cc2cc(Cl)cc(-c3ccnc4cc(CO)sc34)c2O1)N1CCC(N2CCCCC2)CC1. The summed E-state index contributed by atoms with van der Waals surface area (Å²) in [7, 11) is 0. The Bertz CT molecular complexity index is 1250. The van der Waals surface area contributed by atoms with Gasteiger partial charge in [0, 0.05) is 58.3 Å². The third kappa shape index (κ3) is 4.44. The number of carbonyl (C=O) groups is 1. The molecule has 5 heterocycles. The van der Waals surface area contributed by atoms with Gasteiger partial charge in [0.25, 0.3) is 5.91 Å². The van der Waals surface area contributed by atoms with E-state index in [4.69, 9.17) is 16.3 Å². The molecular formula is C27H30ClN3O3S. The summed E-state index contributed by atoms with van der Waals surface area (Å²) in [6, 6.07) is 8.30. The van der Waals surface area contributed by atoms with Crippen molar-refractivity contribution in [2.45, 2.75) is 57.3 Å². The summed E-state index contributed by atoms with van der Waals surface area (Å²) in [5, 5.41) is 10.2. The molecule has 0 bridgehead atoms. The lowest BCUT2D eigenvalue weighted by Gasteiger charge is -2.40. The number of carbonyl (C=O) groups excluding carboxylic acids is 1. The van der Waals surface area contributed by atoms with Crippen molar-refractivity contribution in [2.24, 2.45) is 0 Å². The Morgan fingerprint density at radius 1 is 1.11 bits per heavy atom. The van der Waals surface area contributed by atoms with Gasteiger partial charge in [0.05, 0.1) is 16.8 Å². The maximum absolute atomic E-state index is 13.5. The Kier molecular flexibility index (Phi) is 6.43. The summed E-state index contributed by atoms with van der Waals surface area (Å²) in [5.41, 5.74) is 3.66. The van der Waals surface area contributed by atoms with Gasteiger partial charge in [-0.15, -0.1) is 11.3 Å². The van der Waals surface area contributed by atoms with E-state index < -0.39 is 6.10 Å². The number of fused-ring (bicyclic) bond motifs is 2. The van der Waals surface area contributed by atoms with Gasteiger partial charge < -0.3 is 19.6 Å². The molecule has 184 valence electrons. The lowest BCUT2D eigenvalue weighted by molar-refractivity contribution is -0.139. The number of hydrogen-bond acceptors (Lipinski definition) is 6. The fraction of sp³-hybridized carbons (Fsp3) is 0.481. The molecule has 3 aliphatic rings. The van der Waals surface area contributed by atoms with Gasteiger partial charge in [-0.05, 0) is 63.0 Å². The molecule has 6 nitrogen and oxygen atoms in total. The molecule has 3 aromatic rings. The summed E-state index contributed by atoms with van der Waals surface area (Å²) in [6.45, 7) is 3.99. The fourth-order valence-corrected chi connectivity index (χ4v) is 7.12. The zero-order valence-electron chi connectivity index (χ0n) is 19.7. The number of benzene rings is 1. The lowest BCUT2D eigenvalue weighted by atomic mass is 9.98.